The molecular formula is C25H33FN2O3. The van der Waals surface area contributed by atoms with Crippen molar-refractivity contribution in [3.63, 3.8) is 0 Å². The zero-order valence-corrected chi connectivity index (χ0v) is 19.1. The summed E-state index contributed by atoms with van der Waals surface area (Å²) in [6.45, 7) is 9.74. The highest BCUT2D eigenvalue weighted by molar-refractivity contribution is 5.88. The van der Waals surface area contributed by atoms with E-state index in [1.165, 1.54) is 17.0 Å². The van der Waals surface area contributed by atoms with Gasteiger partial charge >= 0.3 is 0 Å². The molecule has 2 aromatic rings. The molecule has 0 fully saturated rings. The van der Waals surface area contributed by atoms with E-state index in [4.69, 9.17) is 4.74 Å². The van der Waals surface area contributed by atoms with Crippen LogP contribution in [0.3, 0.4) is 0 Å². The Bertz CT molecular complexity index is 883. The van der Waals surface area contributed by atoms with Crippen LogP contribution in [0.4, 0.5) is 4.39 Å². The zero-order valence-electron chi connectivity index (χ0n) is 19.1. The highest BCUT2D eigenvalue weighted by Crippen LogP contribution is 2.21. The van der Waals surface area contributed by atoms with Gasteiger partial charge in [-0.3, -0.25) is 9.59 Å². The maximum Gasteiger partial charge on any atom is 0.261 e. The Hall–Kier alpha value is -2.89. The molecule has 0 saturated heterocycles. The van der Waals surface area contributed by atoms with Crippen molar-refractivity contribution in [2.45, 2.75) is 66.1 Å². The van der Waals surface area contributed by atoms with E-state index in [0.717, 1.165) is 23.1 Å². The Morgan fingerprint density at radius 1 is 1.06 bits per heavy atom. The molecule has 2 amide bonds. The fourth-order valence-corrected chi connectivity index (χ4v) is 3.25. The van der Waals surface area contributed by atoms with Gasteiger partial charge in [0.1, 0.15) is 17.6 Å². The number of ether oxygens (including phenoxy) is 1. The fraction of sp³-hybridized carbons (Fsp3) is 0.440. The van der Waals surface area contributed by atoms with Crippen LogP contribution < -0.4 is 10.1 Å². The van der Waals surface area contributed by atoms with Crippen LogP contribution in [0, 0.1) is 19.7 Å². The zero-order chi connectivity index (χ0) is 23.0. The van der Waals surface area contributed by atoms with E-state index in [0.29, 0.717) is 12.2 Å². The third-order valence-corrected chi connectivity index (χ3v) is 5.56. The largest absolute Gasteiger partial charge is 0.483 e. The summed E-state index contributed by atoms with van der Waals surface area (Å²) in [5.74, 6) is -0.191. The number of nitrogens with zero attached hydrogens (tertiary/aromatic N) is 1. The van der Waals surface area contributed by atoms with Crippen molar-refractivity contribution in [2.75, 3.05) is 6.61 Å². The Kier molecular flexibility index (Phi) is 9.03. The van der Waals surface area contributed by atoms with Crippen LogP contribution in [0.1, 0.15) is 50.3 Å². The van der Waals surface area contributed by atoms with Crippen molar-refractivity contribution in [3.8, 4) is 5.75 Å². The molecule has 0 bridgehead atoms. The van der Waals surface area contributed by atoms with Crippen LogP contribution in [-0.4, -0.2) is 35.4 Å². The van der Waals surface area contributed by atoms with Gasteiger partial charge in [0.2, 0.25) is 5.91 Å². The number of aryl methyl sites for hydroxylation is 1. The topological polar surface area (TPSA) is 58.6 Å². The number of rotatable bonds is 10. The van der Waals surface area contributed by atoms with Crippen LogP contribution in [-0.2, 0) is 16.1 Å². The first-order valence-electron chi connectivity index (χ1n) is 10.8. The quantitative estimate of drug-likeness (QED) is 0.604. The van der Waals surface area contributed by atoms with Crippen LogP contribution in [0.5, 0.6) is 5.75 Å². The summed E-state index contributed by atoms with van der Waals surface area (Å²) < 4.78 is 19.1. The van der Waals surface area contributed by atoms with Gasteiger partial charge in [-0.15, -0.1) is 0 Å². The van der Waals surface area contributed by atoms with Gasteiger partial charge in [-0.05, 0) is 68.5 Å². The van der Waals surface area contributed by atoms with E-state index >= 15 is 0 Å². The van der Waals surface area contributed by atoms with Crippen LogP contribution >= 0.6 is 0 Å². The van der Waals surface area contributed by atoms with Gasteiger partial charge in [-0.25, -0.2) is 4.39 Å². The number of carbonyl (C=O) groups excluding carboxylic acids is 2. The summed E-state index contributed by atoms with van der Waals surface area (Å²) in [6.07, 6.45) is 1.25. The first-order chi connectivity index (χ1) is 14.8. The van der Waals surface area contributed by atoms with E-state index in [-0.39, 0.29) is 36.8 Å². The van der Waals surface area contributed by atoms with Crippen LogP contribution in [0.2, 0.25) is 0 Å². The maximum atomic E-state index is 13.3. The molecule has 0 aliphatic rings. The normalized spacial score (nSPS) is 12.7. The Morgan fingerprint density at radius 3 is 2.35 bits per heavy atom. The number of nitrogens with one attached hydrogen (secondary N) is 1. The molecule has 5 nitrogen and oxygen atoms in total. The molecule has 1 N–H and O–H groups in total. The first kappa shape index (κ1) is 24.4. The summed E-state index contributed by atoms with van der Waals surface area (Å²) >= 11 is 0. The van der Waals surface area contributed by atoms with E-state index in [1.807, 2.05) is 52.8 Å². The Morgan fingerprint density at radius 2 is 1.74 bits per heavy atom. The molecule has 0 aromatic heterocycles. The number of hydrogen-bond donors (Lipinski definition) is 1. The van der Waals surface area contributed by atoms with Crippen molar-refractivity contribution in [2.24, 2.45) is 0 Å². The summed E-state index contributed by atoms with van der Waals surface area (Å²) in [7, 11) is 0. The number of carbonyl (C=O) groups is 2. The minimum Gasteiger partial charge on any atom is -0.483 e. The van der Waals surface area contributed by atoms with E-state index in [9.17, 15) is 14.0 Å². The molecule has 0 spiro atoms. The lowest BCUT2D eigenvalue weighted by Crippen LogP contribution is -2.51. The maximum absolute atomic E-state index is 13.3. The Balaban J connectivity index is 2.23. The second-order valence-electron chi connectivity index (χ2n) is 7.88. The monoisotopic (exact) mass is 428 g/mol. The molecule has 0 unspecified atom stereocenters. The van der Waals surface area contributed by atoms with Crippen LogP contribution in [0.25, 0.3) is 0 Å². The van der Waals surface area contributed by atoms with Crippen molar-refractivity contribution >= 4 is 11.8 Å². The highest BCUT2D eigenvalue weighted by atomic mass is 19.1. The minimum atomic E-state index is -0.645. The third kappa shape index (κ3) is 6.81. The molecule has 0 aliphatic heterocycles. The summed E-state index contributed by atoms with van der Waals surface area (Å²) in [5, 5.41) is 2.97. The number of halogens is 1. The molecule has 0 heterocycles. The lowest BCUT2D eigenvalue weighted by molar-refractivity contribution is -0.143. The number of hydrogen-bond acceptors (Lipinski definition) is 3. The van der Waals surface area contributed by atoms with E-state index < -0.39 is 6.04 Å². The van der Waals surface area contributed by atoms with E-state index in [2.05, 4.69) is 5.32 Å². The molecule has 2 rings (SSSR count). The predicted octanol–water partition coefficient (Wildman–Crippen LogP) is 4.54. The van der Waals surface area contributed by atoms with Crippen molar-refractivity contribution in [3.05, 3.63) is 65.0 Å². The fourth-order valence-electron chi connectivity index (χ4n) is 3.25. The molecule has 6 heteroatoms. The molecule has 0 saturated carbocycles. The number of amides is 2. The summed E-state index contributed by atoms with van der Waals surface area (Å²) in [4.78, 5) is 27.6. The van der Waals surface area contributed by atoms with Gasteiger partial charge < -0.3 is 15.0 Å². The molecule has 168 valence electrons. The van der Waals surface area contributed by atoms with Gasteiger partial charge in [0.05, 0.1) is 0 Å². The van der Waals surface area contributed by atoms with Gasteiger partial charge in [0.15, 0.2) is 6.61 Å². The molecule has 31 heavy (non-hydrogen) atoms. The van der Waals surface area contributed by atoms with E-state index in [1.54, 1.807) is 12.1 Å². The van der Waals surface area contributed by atoms with Gasteiger partial charge in [-0.1, -0.05) is 38.1 Å². The lowest BCUT2D eigenvalue weighted by Gasteiger charge is -2.31. The minimum absolute atomic E-state index is 0.00974. The molecule has 0 radical (unpaired) electrons. The smallest absolute Gasteiger partial charge is 0.261 e. The highest BCUT2D eigenvalue weighted by Gasteiger charge is 2.29. The summed E-state index contributed by atoms with van der Waals surface area (Å²) in [6, 6.07) is 11.0. The van der Waals surface area contributed by atoms with Crippen LogP contribution in [0.15, 0.2) is 42.5 Å². The Labute approximate surface area is 184 Å². The second kappa shape index (κ2) is 11.5. The average molecular weight is 429 g/mol. The van der Waals surface area contributed by atoms with Gasteiger partial charge in [-0.2, -0.15) is 0 Å². The van der Waals surface area contributed by atoms with Crippen molar-refractivity contribution in [1.82, 2.24) is 10.2 Å². The van der Waals surface area contributed by atoms with Crippen molar-refractivity contribution in [1.29, 1.82) is 0 Å². The first-order valence-corrected chi connectivity index (χ1v) is 10.8. The average Bonchev–Trinajstić information content (AvgIpc) is 2.75. The van der Waals surface area contributed by atoms with Gasteiger partial charge in [0, 0.05) is 12.6 Å². The van der Waals surface area contributed by atoms with Gasteiger partial charge in [0.25, 0.3) is 5.91 Å². The molecule has 2 aromatic carbocycles. The molecular weight excluding hydrogens is 395 g/mol. The molecule has 2 atom stereocenters. The SMILES string of the molecule is CC[C@H](C)NC(=O)[C@H](CC)N(Cc1ccc(F)cc1)C(=O)COc1cccc(C)c1C. The number of benzene rings is 2. The third-order valence-electron chi connectivity index (χ3n) is 5.56. The van der Waals surface area contributed by atoms with Crippen molar-refractivity contribution < 1.29 is 18.7 Å². The standard InChI is InChI=1S/C25H33FN2O3/c1-6-18(4)27-25(30)22(7-2)28(15-20-11-13-21(26)14-12-20)24(29)16-31-23-10-8-9-17(3)19(23)5/h8-14,18,22H,6-7,15-16H2,1-5H3,(H,27,30)/t18-,22-/m0/s1. The molecule has 0 aliphatic carbocycles. The summed E-state index contributed by atoms with van der Waals surface area (Å²) in [5.41, 5.74) is 2.80. The predicted molar refractivity (Wildman–Crippen MR) is 120 cm³/mol. The second-order valence-corrected chi connectivity index (χ2v) is 7.88. The lowest BCUT2D eigenvalue weighted by atomic mass is 10.1.